The summed E-state index contributed by atoms with van der Waals surface area (Å²) in [6.45, 7) is 3.96. The Morgan fingerprint density at radius 2 is 2.08 bits per heavy atom. The van der Waals surface area contributed by atoms with Gasteiger partial charge < -0.3 is 10.2 Å². The molecular formula is C10H16O3. The van der Waals surface area contributed by atoms with E-state index in [1.807, 2.05) is 13.8 Å². The van der Waals surface area contributed by atoms with Gasteiger partial charge in [0.25, 0.3) is 0 Å². The van der Waals surface area contributed by atoms with Crippen molar-refractivity contribution in [2.24, 2.45) is 16.7 Å². The van der Waals surface area contributed by atoms with Crippen LogP contribution in [-0.4, -0.2) is 22.3 Å². The van der Waals surface area contributed by atoms with Crippen LogP contribution in [0.4, 0.5) is 0 Å². The van der Waals surface area contributed by atoms with Gasteiger partial charge in [-0.3, -0.25) is 4.79 Å². The monoisotopic (exact) mass is 184 g/mol. The van der Waals surface area contributed by atoms with Gasteiger partial charge in [-0.25, -0.2) is 0 Å². The molecule has 3 heteroatoms. The van der Waals surface area contributed by atoms with Crippen LogP contribution in [0.3, 0.4) is 0 Å². The molecule has 0 saturated heterocycles. The molecule has 3 atom stereocenters. The summed E-state index contributed by atoms with van der Waals surface area (Å²) in [4.78, 5) is 11.2. The van der Waals surface area contributed by atoms with E-state index in [1.165, 1.54) is 0 Å². The normalized spacial score (nSPS) is 46.7. The number of aliphatic carboxylic acids is 1. The largest absolute Gasteiger partial charge is 0.481 e. The predicted molar refractivity (Wildman–Crippen MR) is 47.2 cm³/mol. The van der Waals surface area contributed by atoms with E-state index in [0.29, 0.717) is 18.8 Å². The predicted octanol–water partition coefficient (Wildman–Crippen LogP) is 1.26. The van der Waals surface area contributed by atoms with Crippen LogP contribution >= 0.6 is 0 Å². The molecule has 2 aliphatic carbocycles. The van der Waals surface area contributed by atoms with E-state index in [2.05, 4.69) is 0 Å². The van der Waals surface area contributed by atoms with Gasteiger partial charge in [-0.05, 0) is 30.6 Å². The lowest BCUT2D eigenvalue weighted by Crippen LogP contribution is -2.45. The molecule has 0 aromatic heterocycles. The number of hydrogen-bond donors (Lipinski definition) is 2. The Labute approximate surface area is 77.8 Å². The molecule has 0 heterocycles. The highest BCUT2D eigenvalue weighted by Crippen LogP contribution is 2.65. The molecule has 74 valence electrons. The molecule has 2 N–H and O–H groups in total. The molecule has 3 nitrogen and oxygen atoms in total. The van der Waals surface area contributed by atoms with Crippen molar-refractivity contribution in [3.05, 3.63) is 0 Å². The third-order valence-corrected chi connectivity index (χ3v) is 4.52. The Morgan fingerprint density at radius 3 is 2.31 bits per heavy atom. The van der Waals surface area contributed by atoms with Crippen molar-refractivity contribution in [1.29, 1.82) is 0 Å². The fourth-order valence-electron chi connectivity index (χ4n) is 3.45. The van der Waals surface area contributed by atoms with Crippen molar-refractivity contribution in [3.63, 3.8) is 0 Å². The quantitative estimate of drug-likeness (QED) is 0.645. The van der Waals surface area contributed by atoms with E-state index in [-0.39, 0.29) is 5.41 Å². The van der Waals surface area contributed by atoms with Crippen molar-refractivity contribution >= 4 is 5.97 Å². The molecule has 2 saturated carbocycles. The highest BCUT2D eigenvalue weighted by atomic mass is 16.4. The molecule has 0 aliphatic heterocycles. The van der Waals surface area contributed by atoms with Gasteiger partial charge in [-0.2, -0.15) is 0 Å². The van der Waals surface area contributed by atoms with Crippen LogP contribution in [0.1, 0.15) is 33.1 Å². The lowest BCUT2D eigenvalue weighted by Gasteiger charge is -2.35. The molecule has 0 unspecified atom stereocenters. The average Bonchev–Trinajstić information content (AvgIpc) is 2.35. The zero-order valence-corrected chi connectivity index (χ0v) is 8.08. The van der Waals surface area contributed by atoms with Gasteiger partial charge in [0.15, 0.2) is 0 Å². The number of fused-ring (bicyclic) bond motifs is 2. The summed E-state index contributed by atoms with van der Waals surface area (Å²) in [6, 6.07) is 0. The molecule has 0 aromatic carbocycles. The van der Waals surface area contributed by atoms with E-state index in [1.54, 1.807) is 0 Å². The van der Waals surface area contributed by atoms with Crippen LogP contribution < -0.4 is 0 Å². The van der Waals surface area contributed by atoms with Gasteiger partial charge in [-0.15, -0.1) is 0 Å². The van der Waals surface area contributed by atoms with Crippen LogP contribution in [-0.2, 0) is 4.79 Å². The van der Waals surface area contributed by atoms with E-state index in [0.717, 1.165) is 6.42 Å². The number of aliphatic hydroxyl groups excluding tert-OH is 1. The molecule has 0 spiro atoms. The van der Waals surface area contributed by atoms with Crippen molar-refractivity contribution in [2.45, 2.75) is 39.2 Å². The number of carbonyl (C=O) groups is 1. The zero-order chi connectivity index (χ0) is 9.85. The lowest BCUT2D eigenvalue weighted by atomic mass is 9.68. The Kier molecular flexibility index (Phi) is 1.57. The van der Waals surface area contributed by atoms with E-state index < -0.39 is 17.5 Å². The minimum absolute atomic E-state index is 0.238. The van der Waals surface area contributed by atoms with Crippen molar-refractivity contribution in [1.82, 2.24) is 0 Å². The number of rotatable bonds is 1. The van der Waals surface area contributed by atoms with Crippen molar-refractivity contribution in [3.8, 4) is 0 Å². The molecule has 2 rings (SSSR count). The van der Waals surface area contributed by atoms with Gasteiger partial charge in [0.05, 0.1) is 11.5 Å². The van der Waals surface area contributed by atoms with Gasteiger partial charge in [0.1, 0.15) is 0 Å². The summed E-state index contributed by atoms with van der Waals surface area (Å²) >= 11 is 0. The smallest absolute Gasteiger partial charge is 0.312 e. The molecule has 0 radical (unpaired) electrons. The van der Waals surface area contributed by atoms with Crippen LogP contribution in [0.15, 0.2) is 0 Å². The molecule has 2 aliphatic rings. The van der Waals surface area contributed by atoms with Gasteiger partial charge >= 0.3 is 5.97 Å². The number of carboxylic acid groups (broad SMARTS) is 1. The summed E-state index contributed by atoms with van der Waals surface area (Å²) in [5.74, 6) is -0.427. The summed E-state index contributed by atoms with van der Waals surface area (Å²) in [7, 11) is 0. The topological polar surface area (TPSA) is 57.5 Å². The second-order valence-electron chi connectivity index (χ2n) is 4.99. The van der Waals surface area contributed by atoms with Gasteiger partial charge in [0, 0.05) is 0 Å². The number of hydrogen-bond acceptors (Lipinski definition) is 2. The Morgan fingerprint density at radius 1 is 1.46 bits per heavy atom. The first-order valence-electron chi connectivity index (χ1n) is 4.84. The number of aliphatic hydroxyl groups is 1. The Balaban J connectivity index is 2.49. The van der Waals surface area contributed by atoms with E-state index in [9.17, 15) is 15.0 Å². The Bertz CT molecular complexity index is 259. The summed E-state index contributed by atoms with van der Waals surface area (Å²) in [5, 5.41) is 19.0. The SMILES string of the molecule is CC1(C)[C@H]2CC[C@]1(C(=O)O)[C@H](O)C2. The lowest BCUT2D eigenvalue weighted by molar-refractivity contribution is -0.161. The summed E-state index contributed by atoms with van der Waals surface area (Å²) < 4.78 is 0. The fraction of sp³-hybridized carbons (Fsp3) is 0.900. The summed E-state index contributed by atoms with van der Waals surface area (Å²) in [5.41, 5.74) is -1.10. The van der Waals surface area contributed by atoms with Crippen LogP contribution in [0, 0.1) is 16.7 Å². The molecule has 2 fully saturated rings. The fourth-order valence-corrected chi connectivity index (χ4v) is 3.45. The third kappa shape index (κ3) is 0.766. The third-order valence-electron chi connectivity index (χ3n) is 4.52. The van der Waals surface area contributed by atoms with E-state index >= 15 is 0 Å². The molecular weight excluding hydrogens is 168 g/mol. The standard InChI is InChI=1S/C10H16O3/c1-9(2)6-3-4-10(9,8(12)13)7(11)5-6/h6-7,11H,3-5H2,1-2H3,(H,12,13)/t6-,7+,10+/m0/s1. The maximum atomic E-state index is 11.2. The van der Waals surface area contributed by atoms with E-state index in [4.69, 9.17) is 0 Å². The average molecular weight is 184 g/mol. The second kappa shape index (κ2) is 2.27. The van der Waals surface area contributed by atoms with Gasteiger partial charge in [-0.1, -0.05) is 13.8 Å². The zero-order valence-electron chi connectivity index (χ0n) is 8.08. The number of carboxylic acids is 1. The van der Waals surface area contributed by atoms with Crippen molar-refractivity contribution in [2.75, 3.05) is 0 Å². The summed E-state index contributed by atoms with van der Waals surface area (Å²) in [6.07, 6.45) is 1.62. The highest BCUT2D eigenvalue weighted by Gasteiger charge is 2.68. The minimum atomic E-state index is -0.863. The van der Waals surface area contributed by atoms with Crippen LogP contribution in [0.2, 0.25) is 0 Å². The maximum absolute atomic E-state index is 11.2. The van der Waals surface area contributed by atoms with Crippen LogP contribution in [0.25, 0.3) is 0 Å². The maximum Gasteiger partial charge on any atom is 0.312 e. The Hall–Kier alpha value is -0.570. The van der Waals surface area contributed by atoms with Crippen LogP contribution in [0.5, 0.6) is 0 Å². The highest BCUT2D eigenvalue weighted by molar-refractivity contribution is 5.78. The minimum Gasteiger partial charge on any atom is -0.481 e. The molecule has 0 aromatic rings. The first kappa shape index (κ1) is 9.00. The first-order valence-corrected chi connectivity index (χ1v) is 4.84. The molecule has 0 amide bonds. The second-order valence-corrected chi connectivity index (χ2v) is 4.99. The molecule has 13 heavy (non-hydrogen) atoms. The van der Waals surface area contributed by atoms with Gasteiger partial charge in [0.2, 0.25) is 0 Å². The first-order chi connectivity index (χ1) is 5.93. The molecule has 2 bridgehead atoms. The van der Waals surface area contributed by atoms with Crippen molar-refractivity contribution < 1.29 is 15.0 Å².